The molecule has 0 aliphatic heterocycles. The van der Waals surface area contributed by atoms with Gasteiger partial charge in [-0.2, -0.15) is 5.10 Å². The van der Waals surface area contributed by atoms with Gasteiger partial charge in [-0.3, -0.25) is 0 Å². The van der Waals surface area contributed by atoms with Crippen LogP contribution in [0, 0.1) is 6.92 Å². The largest absolute Gasteiger partial charge is 0.494 e. The van der Waals surface area contributed by atoms with Gasteiger partial charge >= 0.3 is 6.03 Å². The third-order valence-corrected chi connectivity index (χ3v) is 3.64. The lowest BCUT2D eigenvalue weighted by Crippen LogP contribution is -2.19. The third-order valence-electron chi connectivity index (χ3n) is 3.64. The SMILES string of the molecule is CCOc1ccc(NC(=O)Nc2ccc(Nc3ccc(C)nn3)cc2)cc1. The lowest BCUT2D eigenvalue weighted by molar-refractivity contribution is 0.262. The summed E-state index contributed by atoms with van der Waals surface area (Å²) in [6.07, 6.45) is 0. The van der Waals surface area contributed by atoms with Crippen LogP contribution in [0.15, 0.2) is 60.7 Å². The van der Waals surface area contributed by atoms with E-state index < -0.39 is 0 Å². The Hall–Kier alpha value is -3.61. The minimum absolute atomic E-state index is 0.315. The van der Waals surface area contributed by atoms with Gasteiger partial charge < -0.3 is 20.7 Å². The molecule has 0 radical (unpaired) electrons. The van der Waals surface area contributed by atoms with E-state index in [0.717, 1.165) is 17.1 Å². The lowest BCUT2D eigenvalue weighted by atomic mass is 10.2. The molecule has 0 aliphatic carbocycles. The summed E-state index contributed by atoms with van der Waals surface area (Å²) in [5.41, 5.74) is 3.08. The monoisotopic (exact) mass is 363 g/mol. The van der Waals surface area contributed by atoms with Gasteiger partial charge in [0.25, 0.3) is 0 Å². The first-order valence-electron chi connectivity index (χ1n) is 8.60. The van der Waals surface area contributed by atoms with Gasteiger partial charge in [0, 0.05) is 17.1 Å². The van der Waals surface area contributed by atoms with Crippen LogP contribution < -0.4 is 20.7 Å². The number of amides is 2. The van der Waals surface area contributed by atoms with Crippen molar-refractivity contribution in [3.05, 3.63) is 66.4 Å². The quantitative estimate of drug-likeness (QED) is 0.597. The van der Waals surface area contributed by atoms with Crippen LogP contribution in [-0.2, 0) is 0 Å². The van der Waals surface area contributed by atoms with Crippen LogP contribution in [0.25, 0.3) is 0 Å². The molecule has 2 amide bonds. The number of ether oxygens (including phenoxy) is 1. The average molecular weight is 363 g/mol. The molecule has 1 aromatic heterocycles. The normalized spacial score (nSPS) is 10.1. The molecule has 7 heteroatoms. The molecule has 1 heterocycles. The summed E-state index contributed by atoms with van der Waals surface area (Å²) in [4.78, 5) is 12.1. The summed E-state index contributed by atoms with van der Waals surface area (Å²) < 4.78 is 5.38. The summed E-state index contributed by atoms with van der Waals surface area (Å²) in [7, 11) is 0. The Morgan fingerprint density at radius 1 is 0.852 bits per heavy atom. The fourth-order valence-corrected chi connectivity index (χ4v) is 2.34. The van der Waals surface area contributed by atoms with Gasteiger partial charge in [-0.25, -0.2) is 4.79 Å². The van der Waals surface area contributed by atoms with Crippen LogP contribution in [0.3, 0.4) is 0 Å². The maximum atomic E-state index is 12.1. The van der Waals surface area contributed by atoms with E-state index in [-0.39, 0.29) is 6.03 Å². The molecule has 3 aromatic rings. The highest BCUT2D eigenvalue weighted by molar-refractivity contribution is 5.99. The van der Waals surface area contributed by atoms with E-state index in [2.05, 4.69) is 26.1 Å². The number of nitrogens with zero attached hydrogens (tertiary/aromatic N) is 2. The molecular formula is C20H21N5O2. The molecule has 0 fully saturated rings. The number of rotatable bonds is 6. The topological polar surface area (TPSA) is 88.2 Å². The van der Waals surface area contributed by atoms with Crippen LogP contribution in [-0.4, -0.2) is 22.8 Å². The first kappa shape index (κ1) is 18.2. The molecule has 0 bridgehead atoms. The summed E-state index contributed by atoms with van der Waals surface area (Å²) >= 11 is 0. The minimum Gasteiger partial charge on any atom is -0.494 e. The van der Waals surface area contributed by atoms with Gasteiger partial charge in [0.1, 0.15) is 5.75 Å². The molecule has 7 nitrogen and oxygen atoms in total. The van der Waals surface area contributed by atoms with Crippen molar-refractivity contribution in [3.8, 4) is 5.75 Å². The summed E-state index contributed by atoms with van der Waals surface area (Å²) in [6, 6.07) is 18.0. The number of anilines is 4. The Labute approximate surface area is 157 Å². The summed E-state index contributed by atoms with van der Waals surface area (Å²) in [5, 5.41) is 16.8. The van der Waals surface area contributed by atoms with E-state index in [9.17, 15) is 4.79 Å². The predicted molar refractivity (Wildman–Crippen MR) is 107 cm³/mol. The molecular weight excluding hydrogens is 342 g/mol. The number of carbonyl (C=O) groups excluding carboxylic acids is 1. The zero-order chi connectivity index (χ0) is 19.1. The zero-order valence-corrected chi connectivity index (χ0v) is 15.2. The van der Waals surface area contributed by atoms with Crippen LogP contribution >= 0.6 is 0 Å². The van der Waals surface area contributed by atoms with Gasteiger partial charge in [-0.1, -0.05) is 0 Å². The van der Waals surface area contributed by atoms with E-state index in [0.29, 0.717) is 23.8 Å². The molecule has 0 saturated carbocycles. The maximum absolute atomic E-state index is 12.1. The van der Waals surface area contributed by atoms with E-state index in [1.165, 1.54) is 0 Å². The van der Waals surface area contributed by atoms with Gasteiger partial charge in [-0.05, 0) is 74.5 Å². The van der Waals surface area contributed by atoms with Crippen molar-refractivity contribution >= 4 is 28.9 Å². The zero-order valence-electron chi connectivity index (χ0n) is 15.2. The van der Waals surface area contributed by atoms with Gasteiger partial charge in [0.15, 0.2) is 5.82 Å². The number of carbonyl (C=O) groups is 1. The number of urea groups is 1. The maximum Gasteiger partial charge on any atom is 0.323 e. The smallest absolute Gasteiger partial charge is 0.323 e. The van der Waals surface area contributed by atoms with Crippen LogP contribution in [0.5, 0.6) is 5.75 Å². The molecule has 0 unspecified atom stereocenters. The summed E-state index contributed by atoms with van der Waals surface area (Å²) in [6.45, 7) is 4.42. The number of benzene rings is 2. The molecule has 0 saturated heterocycles. The van der Waals surface area contributed by atoms with Crippen LogP contribution in [0.2, 0.25) is 0 Å². The van der Waals surface area contributed by atoms with Gasteiger partial charge in [-0.15, -0.1) is 5.10 Å². The number of nitrogens with one attached hydrogen (secondary N) is 3. The molecule has 3 rings (SSSR count). The molecule has 3 N–H and O–H groups in total. The standard InChI is InChI=1S/C20H21N5O2/c1-3-27-18-11-9-17(10-12-18)23-20(26)22-16-7-5-15(6-8-16)21-19-13-4-14(2)24-25-19/h4-13H,3H2,1-2H3,(H,21,25)(H2,22,23,26). The van der Waals surface area contributed by atoms with E-state index in [1.54, 1.807) is 12.1 Å². The second-order valence-corrected chi connectivity index (χ2v) is 5.80. The second kappa shape index (κ2) is 8.66. The molecule has 27 heavy (non-hydrogen) atoms. The van der Waals surface area contributed by atoms with Crippen LogP contribution in [0.1, 0.15) is 12.6 Å². The predicted octanol–water partition coefficient (Wildman–Crippen LogP) is 4.57. The van der Waals surface area contributed by atoms with Crippen molar-refractivity contribution in [2.45, 2.75) is 13.8 Å². The first-order valence-corrected chi connectivity index (χ1v) is 8.60. The summed E-state index contributed by atoms with van der Waals surface area (Å²) in [5.74, 6) is 1.43. The van der Waals surface area contributed by atoms with Crippen molar-refractivity contribution in [1.29, 1.82) is 0 Å². The minimum atomic E-state index is -0.315. The second-order valence-electron chi connectivity index (χ2n) is 5.80. The Morgan fingerprint density at radius 2 is 1.44 bits per heavy atom. The first-order chi connectivity index (χ1) is 13.1. The van der Waals surface area contributed by atoms with Crippen molar-refractivity contribution in [3.63, 3.8) is 0 Å². The van der Waals surface area contributed by atoms with Crippen molar-refractivity contribution in [2.24, 2.45) is 0 Å². The third kappa shape index (κ3) is 5.43. The fraction of sp³-hybridized carbons (Fsp3) is 0.150. The fourth-order valence-electron chi connectivity index (χ4n) is 2.34. The number of aromatic nitrogens is 2. The number of hydrogen-bond donors (Lipinski definition) is 3. The Balaban J connectivity index is 1.54. The average Bonchev–Trinajstić information content (AvgIpc) is 2.67. The van der Waals surface area contributed by atoms with Crippen LogP contribution in [0.4, 0.5) is 27.7 Å². The van der Waals surface area contributed by atoms with Crippen molar-refractivity contribution < 1.29 is 9.53 Å². The van der Waals surface area contributed by atoms with E-state index >= 15 is 0 Å². The Morgan fingerprint density at radius 3 is 2.00 bits per heavy atom. The molecule has 0 aliphatic rings. The number of hydrogen-bond acceptors (Lipinski definition) is 5. The van der Waals surface area contributed by atoms with E-state index in [4.69, 9.17) is 4.74 Å². The van der Waals surface area contributed by atoms with Crippen molar-refractivity contribution in [1.82, 2.24) is 10.2 Å². The molecule has 2 aromatic carbocycles. The Bertz CT molecular complexity index is 878. The number of aryl methyl sites for hydroxylation is 1. The van der Waals surface area contributed by atoms with Gasteiger partial charge in [0.05, 0.1) is 12.3 Å². The molecule has 0 spiro atoms. The Kier molecular flexibility index (Phi) is 5.84. The van der Waals surface area contributed by atoms with Crippen molar-refractivity contribution in [2.75, 3.05) is 22.6 Å². The molecule has 0 atom stereocenters. The highest BCUT2D eigenvalue weighted by atomic mass is 16.5. The van der Waals surface area contributed by atoms with E-state index in [1.807, 2.05) is 62.4 Å². The van der Waals surface area contributed by atoms with Gasteiger partial charge in [0.2, 0.25) is 0 Å². The molecule has 138 valence electrons. The lowest BCUT2D eigenvalue weighted by Gasteiger charge is -2.10. The highest BCUT2D eigenvalue weighted by Gasteiger charge is 2.04. The highest BCUT2D eigenvalue weighted by Crippen LogP contribution is 2.18.